The second-order valence-corrected chi connectivity index (χ2v) is 26.4. The van der Waals surface area contributed by atoms with E-state index in [9.17, 15) is 73.2 Å². The van der Waals surface area contributed by atoms with Gasteiger partial charge in [0.15, 0.2) is 34.9 Å². The molecule has 9 rings (SSSR count). The first-order valence-electron chi connectivity index (χ1n) is 30.5. The van der Waals surface area contributed by atoms with Gasteiger partial charge in [0, 0.05) is 94.6 Å². The Morgan fingerprint density at radius 1 is 0.804 bits per heavy atom. The van der Waals surface area contributed by atoms with E-state index in [0.29, 0.717) is 22.1 Å². The lowest BCUT2D eigenvalue weighted by atomic mass is 9.92. The van der Waals surface area contributed by atoms with E-state index in [2.05, 4.69) is 10.3 Å². The first kappa shape index (κ1) is 73.1. The number of alkyl halides is 1. The van der Waals surface area contributed by atoms with E-state index in [4.69, 9.17) is 69.4 Å². The monoisotopic (exact) mass is 1400 g/mol. The molecule has 0 bridgehead atoms. The van der Waals surface area contributed by atoms with Crippen LogP contribution in [0.4, 0.5) is 5.69 Å². The quantitative estimate of drug-likeness (QED) is 0.00983. The zero-order valence-electron chi connectivity index (χ0n) is 53.4. The van der Waals surface area contributed by atoms with E-state index in [1.807, 2.05) is 27.7 Å². The summed E-state index contributed by atoms with van der Waals surface area (Å²) in [6, 6.07) is 13.6. The molecule has 4 aliphatic heterocycles. The van der Waals surface area contributed by atoms with Crippen molar-refractivity contribution in [1.29, 1.82) is 0 Å². The van der Waals surface area contributed by atoms with Gasteiger partial charge in [0.1, 0.15) is 54.2 Å². The third kappa shape index (κ3) is 16.9. The number of carbonyl (C=O) groups excluding carboxylic acids is 4. The predicted molar refractivity (Wildman–Crippen MR) is 342 cm³/mol. The number of imide groups is 1. The SMILES string of the molecule is CCOc1cc2cc(C(=O)N3C[C@@H](CCl)c4c3cc(OS(=O)(=O)Oc3cc(C(=O)NCC(C)(C)COCC(C)(C)CN(N)/C=C(\N)COCCN5C(=O)C=CC5=O)ccc3O[C@@H]3O[C@H](CO)[C@@H](O)[C@H](O)[C@H]3O)c3ccc(OC)cc43)[nH]c2cc1OC1O[C@H](C(=O)O)[C@@H](O)[C@H](O)[C@H]1O. The molecule has 5 heterocycles. The minimum atomic E-state index is -5.40. The number of aromatic nitrogens is 1. The molecule has 0 spiro atoms. The average Bonchev–Trinajstić information content (AvgIpc) is 1.59. The summed E-state index contributed by atoms with van der Waals surface area (Å²) in [7, 11) is -3.99. The number of carboxylic acids is 1. The highest BCUT2D eigenvalue weighted by Crippen LogP contribution is 2.48. The number of fused-ring (bicyclic) bond motifs is 4. The number of hydrogen-bond acceptors (Lipinski definition) is 27. The zero-order valence-corrected chi connectivity index (χ0v) is 55.0. The molecule has 14 N–H and O–H groups in total. The number of aliphatic hydroxyl groups excluding tert-OH is 7. The van der Waals surface area contributed by atoms with Gasteiger partial charge in [-0.15, -0.1) is 20.0 Å². The summed E-state index contributed by atoms with van der Waals surface area (Å²) in [4.78, 5) is 69.8. The number of nitrogens with zero attached hydrogens (tertiary/aromatic N) is 3. The maximum Gasteiger partial charge on any atom is 0.501 e. The van der Waals surface area contributed by atoms with Crippen LogP contribution in [0.15, 0.2) is 84.7 Å². The number of carboxylic acid groups (broad SMARTS) is 1. The molecule has 11 atom stereocenters. The van der Waals surface area contributed by atoms with Crippen molar-refractivity contribution < 1.29 is 120 Å². The number of hydrogen-bond donors (Lipinski definition) is 12. The van der Waals surface area contributed by atoms with Crippen LogP contribution in [0, 0.1) is 10.8 Å². The fraction of sp³-hybridized carbons (Fsp3) is 0.476. The summed E-state index contributed by atoms with van der Waals surface area (Å²) in [6.07, 6.45) is -14.8. The molecule has 32 nitrogen and oxygen atoms in total. The molecule has 0 aliphatic carbocycles. The molecule has 2 saturated heterocycles. The van der Waals surface area contributed by atoms with Crippen molar-refractivity contribution in [3.63, 3.8) is 0 Å². The highest BCUT2D eigenvalue weighted by molar-refractivity contribution is 7.82. The van der Waals surface area contributed by atoms with Crippen LogP contribution in [0.25, 0.3) is 21.7 Å². The van der Waals surface area contributed by atoms with E-state index in [1.165, 1.54) is 77.8 Å². The summed E-state index contributed by atoms with van der Waals surface area (Å²) in [5.41, 5.74) is 5.84. The van der Waals surface area contributed by atoms with Gasteiger partial charge in [0.2, 0.25) is 12.6 Å². The van der Waals surface area contributed by atoms with E-state index in [-0.39, 0.29) is 116 Å². The standard InChI is InChI=1S/C63H78ClN7O25S/c1-7-90-43-18-32-16-39(68-38(32)20-44(43)92-61-55(80)52(77)53(78)56(94-61)59(83)84)58(82)71-23-33(22-64)49-37-19-35(87-6)9-10-36(37)42(21-40(49)71)95-97(85,86)96-45-17-31(8-11-41(45)91-60-54(79)51(76)50(75)46(25-72)93-60)57(81)67-27-62(2,3)29-89-30-63(4,5)28-69(66)24-34(65)26-88-15-14-70-47(73)12-13-48(70)74/h8-13,16-21,24,33,46,50-56,60-61,68,72,75-80H,7,14-15,22-23,25-30,65-66H2,1-6H3,(H,67,81)(H,83,84)/b34-24-/t33-,46-,50-,51+,52+,53+,54-,55-,56+,60-,61?/m1/s1. The third-order valence-corrected chi connectivity index (χ3v) is 17.2. The van der Waals surface area contributed by atoms with Crippen molar-refractivity contribution >= 4 is 79.0 Å². The number of benzene rings is 4. The fourth-order valence-electron chi connectivity index (χ4n) is 11.2. The topological polar surface area (TPSA) is 463 Å². The van der Waals surface area contributed by atoms with Crippen LogP contribution >= 0.6 is 11.6 Å². The van der Waals surface area contributed by atoms with Gasteiger partial charge in [-0.05, 0) is 66.4 Å². The van der Waals surface area contributed by atoms with Crippen molar-refractivity contribution in [2.75, 3.05) is 83.7 Å². The highest BCUT2D eigenvalue weighted by atomic mass is 35.5. The fourth-order valence-corrected chi connectivity index (χ4v) is 12.2. The Balaban J connectivity index is 0.936. The highest BCUT2D eigenvalue weighted by Gasteiger charge is 2.49. The van der Waals surface area contributed by atoms with Gasteiger partial charge in [-0.25, -0.2) is 10.6 Å². The van der Waals surface area contributed by atoms with Crippen LogP contribution in [-0.4, -0.2) is 234 Å². The number of carbonyl (C=O) groups is 5. The molecule has 2 fully saturated rings. The van der Waals surface area contributed by atoms with Crippen molar-refractivity contribution in [3.05, 3.63) is 102 Å². The lowest BCUT2D eigenvalue weighted by molar-refractivity contribution is -0.277. The first-order chi connectivity index (χ1) is 45.8. The molecule has 1 aromatic heterocycles. The average molecular weight is 1400 g/mol. The van der Waals surface area contributed by atoms with Gasteiger partial charge in [0.25, 0.3) is 23.6 Å². The Hall–Kier alpha value is -8.13. The Kier molecular flexibility index (Phi) is 22.9. The van der Waals surface area contributed by atoms with Crippen LogP contribution in [0.1, 0.15) is 66.9 Å². The van der Waals surface area contributed by atoms with Crippen LogP contribution in [-0.2, 0) is 43.7 Å². The molecular formula is C63H78ClN7O25S. The number of aliphatic hydroxyl groups is 7. The van der Waals surface area contributed by atoms with E-state index >= 15 is 0 Å². The summed E-state index contributed by atoms with van der Waals surface area (Å²) < 4.78 is 86.2. The minimum Gasteiger partial charge on any atom is -0.497 e. The number of nitrogens with two attached hydrogens (primary N) is 2. The molecule has 1 unspecified atom stereocenters. The number of anilines is 1. The van der Waals surface area contributed by atoms with Crippen molar-refractivity contribution in [3.8, 4) is 34.5 Å². The molecule has 0 saturated carbocycles. The molecule has 528 valence electrons. The molecule has 34 heteroatoms. The maximum absolute atomic E-state index is 14.9. The van der Waals surface area contributed by atoms with E-state index in [0.717, 1.165) is 17.0 Å². The van der Waals surface area contributed by atoms with Gasteiger partial charge in [-0.3, -0.25) is 24.1 Å². The second-order valence-electron chi connectivity index (χ2n) is 25.0. The van der Waals surface area contributed by atoms with Gasteiger partial charge < -0.3 is 113 Å². The van der Waals surface area contributed by atoms with Crippen molar-refractivity contribution in [2.45, 2.75) is 102 Å². The number of ether oxygens (including phenoxy) is 8. The smallest absolute Gasteiger partial charge is 0.497 e. The molecule has 5 aromatic rings. The lowest BCUT2D eigenvalue weighted by Gasteiger charge is -2.39. The summed E-state index contributed by atoms with van der Waals surface area (Å²) >= 11 is 6.64. The Labute approximate surface area is 560 Å². The number of aliphatic carboxylic acids is 1. The van der Waals surface area contributed by atoms with E-state index < -0.39 is 136 Å². The number of amides is 4. The van der Waals surface area contributed by atoms with Gasteiger partial charge in [-0.2, -0.15) is 0 Å². The van der Waals surface area contributed by atoms with Crippen LogP contribution in [0.3, 0.4) is 0 Å². The largest absolute Gasteiger partial charge is 0.501 e. The first-order valence-corrected chi connectivity index (χ1v) is 32.3. The van der Waals surface area contributed by atoms with Crippen molar-refractivity contribution in [2.24, 2.45) is 22.4 Å². The van der Waals surface area contributed by atoms with Crippen molar-refractivity contribution in [1.82, 2.24) is 20.2 Å². The normalized spacial score (nSPS) is 23.8. The summed E-state index contributed by atoms with van der Waals surface area (Å²) in [5, 5.41) is 88.2. The van der Waals surface area contributed by atoms with Crippen LogP contribution < -0.4 is 49.1 Å². The van der Waals surface area contributed by atoms with Gasteiger partial charge in [0.05, 0.1) is 64.7 Å². The number of methoxy groups -OCH3 is 1. The van der Waals surface area contributed by atoms with E-state index in [1.54, 1.807) is 13.0 Å². The molecule has 4 aliphatic rings. The number of H-pyrrole nitrogens is 1. The Morgan fingerprint density at radius 3 is 2.14 bits per heavy atom. The molecule has 0 radical (unpaired) electrons. The Bertz CT molecular complexity index is 3910. The zero-order chi connectivity index (χ0) is 70.6. The maximum atomic E-state index is 14.9. The number of rotatable bonds is 30. The summed E-state index contributed by atoms with van der Waals surface area (Å²) in [6.45, 7) is 9.06. The lowest BCUT2D eigenvalue weighted by Crippen LogP contribution is -2.61. The number of nitrogens with one attached hydrogen (secondary N) is 2. The minimum absolute atomic E-state index is 0.0104. The van der Waals surface area contributed by atoms with Gasteiger partial charge >= 0.3 is 16.4 Å². The summed E-state index contributed by atoms with van der Waals surface area (Å²) in [5.74, 6) is 0.431. The molecular weight excluding hydrogens is 1320 g/mol. The van der Waals surface area contributed by atoms with Crippen LogP contribution in [0.5, 0.6) is 34.5 Å². The Morgan fingerprint density at radius 2 is 1.47 bits per heavy atom. The number of aromatic amines is 1. The predicted octanol–water partition coefficient (Wildman–Crippen LogP) is 0.580. The van der Waals surface area contributed by atoms with Crippen LogP contribution in [0.2, 0.25) is 0 Å². The van der Waals surface area contributed by atoms with Gasteiger partial charge in [-0.1, -0.05) is 27.7 Å². The molecule has 97 heavy (non-hydrogen) atoms. The molecule has 4 aromatic carbocycles. The molecule has 4 amide bonds. The third-order valence-electron chi connectivity index (χ3n) is 16.1. The number of halogens is 1. The number of hydrazine groups is 1. The second kappa shape index (κ2) is 30.3.